The van der Waals surface area contributed by atoms with E-state index in [0.29, 0.717) is 0 Å². The standard InChI is InChI=1S/C25H31N/c1-6-12-23(15-11-20-25(2,3)4)26(5)24-18-16-22(17-19-24)21-13-9-7-8-10-14-21/h6-9,11-20H,10H2,1-5H3/b12-6-,20-11+,23-15+. The van der Waals surface area contributed by atoms with E-state index in [1.807, 2.05) is 0 Å². The summed E-state index contributed by atoms with van der Waals surface area (Å²) in [5, 5.41) is 0. The largest absolute Gasteiger partial charge is 0.345 e. The van der Waals surface area contributed by atoms with Gasteiger partial charge in [-0.3, -0.25) is 0 Å². The van der Waals surface area contributed by atoms with Crippen LogP contribution in [0.2, 0.25) is 0 Å². The zero-order valence-corrected chi connectivity index (χ0v) is 16.7. The summed E-state index contributed by atoms with van der Waals surface area (Å²) in [6, 6.07) is 8.78. The van der Waals surface area contributed by atoms with Gasteiger partial charge in [0.15, 0.2) is 0 Å². The minimum Gasteiger partial charge on any atom is -0.345 e. The van der Waals surface area contributed by atoms with Gasteiger partial charge >= 0.3 is 0 Å². The lowest BCUT2D eigenvalue weighted by Crippen LogP contribution is -2.14. The van der Waals surface area contributed by atoms with Crippen molar-refractivity contribution in [3.05, 3.63) is 96.3 Å². The second-order valence-corrected chi connectivity index (χ2v) is 7.61. The Morgan fingerprint density at radius 2 is 1.81 bits per heavy atom. The molecule has 136 valence electrons. The molecule has 0 N–H and O–H groups in total. The van der Waals surface area contributed by atoms with Crippen molar-refractivity contribution in [2.24, 2.45) is 5.41 Å². The summed E-state index contributed by atoms with van der Waals surface area (Å²) in [6.45, 7) is 8.68. The van der Waals surface area contributed by atoms with Crippen LogP contribution >= 0.6 is 0 Å². The SMILES string of the molecule is C\C=C/C(=C\C=C\C(C)(C)C)N(C)c1ccc(C2=CCC=CC=C2)cc1. The minimum absolute atomic E-state index is 0.187. The summed E-state index contributed by atoms with van der Waals surface area (Å²) in [7, 11) is 2.11. The molecule has 0 unspecified atom stereocenters. The number of benzene rings is 1. The summed E-state index contributed by atoms with van der Waals surface area (Å²) in [5.41, 5.74) is 5.07. The zero-order valence-electron chi connectivity index (χ0n) is 16.7. The highest BCUT2D eigenvalue weighted by Gasteiger charge is 2.06. The molecule has 0 aromatic heterocycles. The van der Waals surface area contributed by atoms with Crippen LogP contribution in [0.25, 0.3) is 5.57 Å². The Morgan fingerprint density at radius 1 is 1.08 bits per heavy atom. The van der Waals surface area contributed by atoms with E-state index in [1.54, 1.807) is 0 Å². The van der Waals surface area contributed by atoms with Crippen LogP contribution in [0, 0.1) is 5.41 Å². The van der Waals surface area contributed by atoms with Crippen molar-refractivity contribution >= 4 is 11.3 Å². The molecule has 0 fully saturated rings. The van der Waals surface area contributed by atoms with E-state index in [-0.39, 0.29) is 5.41 Å². The predicted octanol–water partition coefficient (Wildman–Crippen LogP) is 7.08. The first-order valence-electron chi connectivity index (χ1n) is 9.30. The molecule has 0 spiro atoms. The highest BCUT2D eigenvalue weighted by molar-refractivity contribution is 5.76. The molecule has 0 saturated carbocycles. The Labute approximate surface area is 159 Å². The number of allylic oxidation sites excluding steroid dienone is 11. The molecule has 2 rings (SSSR count). The molecular formula is C25H31N. The number of nitrogens with zero attached hydrogens (tertiary/aromatic N) is 1. The summed E-state index contributed by atoms with van der Waals surface area (Å²) < 4.78 is 0. The molecule has 1 aromatic carbocycles. The second kappa shape index (κ2) is 9.24. The zero-order chi connectivity index (χ0) is 19.0. The van der Waals surface area contributed by atoms with Crippen LogP contribution < -0.4 is 4.90 Å². The second-order valence-electron chi connectivity index (χ2n) is 7.61. The van der Waals surface area contributed by atoms with E-state index < -0.39 is 0 Å². The van der Waals surface area contributed by atoms with Crippen molar-refractivity contribution in [2.75, 3.05) is 11.9 Å². The third-order valence-corrected chi connectivity index (χ3v) is 4.17. The normalized spacial score (nSPS) is 15.6. The first kappa shape index (κ1) is 19.8. The topological polar surface area (TPSA) is 3.24 Å². The van der Waals surface area contributed by atoms with Gasteiger partial charge in [0.1, 0.15) is 0 Å². The van der Waals surface area contributed by atoms with Crippen LogP contribution in [-0.2, 0) is 0 Å². The fourth-order valence-electron chi connectivity index (χ4n) is 2.71. The lowest BCUT2D eigenvalue weighted by molar-refractivity contribution is 0.544. The van der Waals surface area contributed by atoms with Crippen LogP contribution in [0.3, 0.4) is 0 Å². The van der Waals surface area contributed by atoms with Crippen LogP contribution in [0.1, 0.15) is 39.7 Å². The first-order valence-corrected chi connectivity index (χ1v) is 9.30. The number of hydrogen-bond acceptors (Lipinski definition) is 1. The van der Waals surface area contributed by atoms with Crippen molar-refractivity contribution in [2.45, 2.75) is 34.1 Å². The molecule has 0 atom stereocenters. The molecule has 1 heteroatoms. The number of rotatable bonds is 5. The van der Waals surface area contributed by atoms with E-state index in [2.05, 4.69) is 125 Å². The molecule has 0 aliphatic heterocycles. The quantitative estimate of drug-likeness (QED) is 0.515. The van der Waals surface area contributed by atoms with Gasteiger partial charge < -0.3 is 4.90 Å². The van der Waals surface area contributed by atoms with Gasteiger partial charge in [0.2, 0.25) is 0 Å². The molecule has 1 aliphatic rings. The average molecular weight is 346 g/mol. The molecular weight excluding hydrogens is 314 g/mol. The smallest absolute Gasteiger partial charge is 0.0408 e. The van der Waals surface area contributed by atoms with Gasteiger partial charge in [0, 0.05) is 18.4 Å². The Hall–Kier alpha value is -2.54. The monoisotopic (exact) mass is 345 g/mol. The maximum Gasteiger partial charge on any atom is 0.0408 e. The van der Waals surface area contributed by atoms with Crippen molar-refractivity contribution in [1.82, 2.24) is 0 Å². The van der Waals surface area contributed by atoms with Gasteiger partial charge in [0.25, 0.3) is 0 Å². The summed E-state index contributed by atoms with van der Waals surface area (Å²) in [4.78, 5) is 2.22. The fraction of sp³-hybridized carbons (Fsp3) is 0.280. The fourth-order valence-corrected chi connectivity index (χ4v) is 2.71. The average Bonchev–Trinajstić information content (AvgIpc) is 2.89. The Balaban J connectivity index is 2.21. The first-order chi connectivity index (χ1) is 12.4. The third kappa shape index (κ3) is 6.07. The van der Waals surface area contributed by atoms with E-state index in [9.17, 15) is 0 Å². The van der Waals surface area contributed by atoms with E-state index in [1.165, 1.54) is 22.5 Å². The number of likely N-dealkylation sites (N-methyl/N-ethyl adjacent to an activating group) is 1. The molecule has 1 aromatic rings. The van der Waals surface area contributed by atoms with Gasteiger partial charge in [-0.15, -0.1) is 0 Å². The highest BCUT2D eigenvalue weighted by Crippen LogP contribution is 2.24. The third-order valence-electron chi connectivity index (χ3n) is 4.17. The highest BCUT2D eigenvalue weighted by atomic mass is 15.1. The van der Waals surface area contributed by atoms with E-state index >= 15 is 0 Å². The molecule has 1 nitrogen and oxygen atoms in total. The Bertz CT molecular complexity index is 759. The molecule has 0 bridgehead atoms. The molecule has 26 heavy (non-hydrogen) atoms. The van der Waals surface area contributed by atoms with Gasteiger partial charge in [-0.05, 0) is 54.2 Å². The van der Waals surface area contributed by atoms with Gasteiger partial charge in [0.05, 0.1) is 0 Å². The van der Waals surface area contributed by atoms with Gasteiger partial charge in [-0.2, -0.15) is 0 Å². The van der Waals surface area contributed by atoms with Crippen LogP contribution in [0.4, 0.5) is 5.69 Å². The lowest BCUT2D eigenvalue weighted by atomic mass is 9.96. The van der Waals surface area contributed by atoms with E-state index in [4.69, 9.17) is 0 Å². The van der Waals surface area contributed by atoms with Crippen LogP contribution in [0.5, 0.6) is 0 Å². The number of anilines is 1. The van der Waals surface area contributed by atoms with Crippen molar-refractivity contribution < 1.29 is 0 Å². The minimum atomic E-state index is 0.187. The van der Waals surface area contributed by atoms with Gasteiger partial charge in [-0.1, -0.05) is 81.5 Å². The van der Waals surface area contributed by atoms with E-state index in [0.717, 1.165) is 6.42 Å². The molecule has 0 amide bonds. The Kier molecular flexibility index (Phi) is 7.03. The molecule has 1 aliphatic carbocycles. The van der Waals surface area contributed by atoms with Gasteiger partial charge in [-0.25, -0.2) is 0 Å². The lowest BCUT2D eigenvalue weighted by Gasteiger charge is -2.21. The predicted molar refractivity (Wildman–Crippen MR) is 117 cm³/mol. The van der Waals surface area contributed by atoms with Crippen LogP contribution in [0.15, 0.2) is 90.7 Å². The maximum absolute atomic E-state index is 2.27. The van der Waals surface area contributed by atoms with Crippen molar-refractivity contribution in [3.63, 3.8) is 0 Å². The summed E-state index contributed by atoms with van der Waals surface area (Å²) >= 11 is 0. The Morgan fingerprint density at radius 3 is 2.46 bits per heavy atom. The molecule has 0 heterocycles. The molecule has 0 radical (unpaired) electrons. The summed E-state index contributed by atoms with van der Waals surface area (Å²) in [6.07, 6.45) is 22.6. The van der Waals surface area contributed by atoms with Crippen molar-refractivity contribution in [1.29, 1.82) is 0 Å². The number of hydrogen-bond donors (Lipinski definition) is 0. The summed E-state index contributed by atoms with van der Waals surface area (Å²) in [5.74, 6) is 0. The van der Waals surface area contributed by atoms with Crippen LogP contribution in [-0.4, -0.2) is 7.05 Å². The maximum atomic E-state index is 2.27. The van der Waals surface area contributed by atoms with Crippen molar-refractivity contribution in [3.8, 4) is 0 Å². The molecule has 0 saturated heterocycles.